The predicted octanol–water partition coefficient (Wildman–Crippen LogP) is 3.49. The van der Waals surface area contributed by atoms with Crippen LogP contribution in [0.25, 0.3) is 0 Å². The molecule has 0 atom stereocenters. The molecule has 0 aliphatic carbocycles. The molecule has 0 heterocycles. The van der Waals surface area contributed by atoms with Gasteiger partial charge in [0.25, 0.3) is 0 Å². The fraction of sp³-hybridized carbons (Fsp3) is 0.615. The Morgan fingerprint density at radius 2 is 2.00 bits per heavy atom. The number of hydrogen-bond donors (Lipinski definition) is 0. The highest BCUT2D eigenvalue weighted by atomic mass is 16.5. The Bertz CT molecular complexity index is 237. The van der Waals surface area contributed by atoms with Gasteiger partial charge in [0.2, 0.25) is 0 Å². The molecule has 0 radical (unpaired) electrons. The molecule has 15 heavy (non-hydrogen) atoms. The summed E-state index contributed by atoms with van der Waals surface area (Å²) in [4.78, 5) is 11.5. The molecule has 0 aromatic carbocycles. The SMILES string of the molecule is CCC/C=C/C=C(/C(=O)OCC)C(C)C. The molecule has 0 rings (SSSR count). The first-order valence-corrected chi connectivity index (χ1v) is 5.67. The van der Waals surface area contributed by atoms with Crippen molar-refractivity contribution in [2.75, 3.05) is 6.61 Å². The van der Waals surface area contributed by atoms with Gasteiger partial charge in [0, 0.05) is 5.57 Å². The van der Waals surface area contributed by atoms with Gasteiger partial charge in [0.15, 0.2) is 0 Å². The summed E-state index contributed by atoms with van der Waals surface area (Å²) in [6, 6.07) is 0. The van der Waals surface area contributed by atoms with Crippen LogP contribution in [-0.2, 0) is 9.53 Å². The monoisotopic (exact) mass is 210 g/mol. The molecule has 0 spiro atoms. The molecule has 0 aliphatic heterocycles. The van der Waals surface area contributed by atoms with Gasteiger partial charge in [-0.25, -0.2) is 4.79 Å². The van der Waals surface area contributed by atoms with Crippen molar-refractivity contribution < 1.29 is 9.53 Å². The van der Waals surface area contributed by atoms with Gasteiger partial charge in [0.05, 0.1) is 6.61 Å². The summed E-state index contributed by atoms with van der Waals surface area (Å²) in [6.45, 7) is 8.37. The van der Waals surface area contributed by atoms with Crippen molar-refractivity contribution in [3.8, 4) is 0 Å². The van der Waals surface area contributed by atoms with Crippen LogP contribution in [0.15, 0.2) is 23.8 Å². The van der Waals surface area contributed by atoms with Crippen molar-refractivity contribution in [2.45, 2.75) is 40.5 Å². The Hall–Kier alpha value is -1.05. The standard InChI is InChI=1S/C13H22O2/c1-5-7-8-9-10-12(11(3)4)13(14)15-6-2/h8-11H,5-7H2,1-4H3/b9-8+,12-10+. The number of carbonyl (C=O) groups is 1. The van der Waals surface area contributed by atoms with Gasteiger partial charge in [-0.1, -0.05) is 45.4 Å². The van der Waals surface area contributed by atoms with E-state index in [-0.39, 0.29) is 11.9 Å². The molecule has 0 saturated carbocycles. The second kappa shape index (κ2) is 8.27. The quantitative estimate of drug-likeness (QED) is 0.381. The van der Waals surface area contributed by atoms with Gasteiger partial charge in [0.1, 0.15) is 0 Å². The summed E-state index contributed by atoms with van der Waals surface area (Å²) in [6.07, 6.45) is 8.04. The van der Waals surface area contributed by atoms with Crippen molar-refractivity contribution in [3.63, 3.8) is 0 Å². The first kappa shape index (κ1) is 13.9. The van der Waals surface area contributed by atoms with Gasteiger partial charge in [-0.2, -0.15) is 0 Å². The van der Waals surface area contributed by atoms with Crippen molar-refractivity contribution in [1.29, 1.82) is 0 Å². The number of esters is 1. The molecule has 2 nitrogen and oxygen atoms in total. The second-order valence-electron chi connectivity index (χ2n) is 3.71. The Kier molecular flexibility index (Phi) is 7.69. The van der Waals surface area contributed by atoms with Crippen molar-refractivity contribution >= 4 is 5.97 Å². The Labute approximate surface area is 93.0 Å². The first-order valence-electron chi connectivity index (χ1n) is 5.67. The number of ether oxygens (including phenoxy) is 1. The normalized spacial score (nSPS) is 12.5. The number of hydrogen-bond acceptors (Lipinski definition) is 2. The summed E-state index contributed by atoms with van der Waals surface area (Å²) in [5.74, 6) is 0.00368. The molecule has 2 heteroatoms. The molecule has 0 aromatic rings. The molecular formula is C13H22O2. The zero-order chi connectivity index (χ0) is 11.7. The summed E-state index contributed by atoms with van der Waals surface area (Å²) in [5.41, 5.74) is 0.740. The number of rotatable bonds is 6. The van der Waals surface area contributed by atoms with Crippen LogP contribution in [-0.4, -0.2) is 12.6 Å². The summed E-state index contributed by atoms with van der Waals surface area (Å²) in [7, 11) is 0. The Morgan fingerprint density at radius 1 is 1.33 bits per heavy atom. The van der Waals surface area contributed by atoms with Crippen molar-refractivity contribution in [1.82, 2.24) is 0 Å². The second-order valence-corrected chi connectivity index (χ2v) is 3.71. The lowest BCUT2D eigenvalue weighted by molar-refractivity contribution is -0.139. The minimum Gasteiger partial charge on any atom is -0.463 e. The minimum atomic E-state index is -0.200. The lowest BCUT2D eigenvalue weighted by Crippen LogP contribution is -2.11. The molecule has 86 valence electrons. The predicted molar refractivity (Wildman–Crippen MR) is 63.6 cm³/mol. The average Bonchev–Trinajstić information content (AvgIpc) is 2.17. The number of carbonyl (C=O) groups excluding carboxylic acids is 1. The van der Waals surface area contributed by atoms with Crippen LogP contribution >= 0.6 is 0 Å². The smallest absolute Gasteiger partial charge is 0.334 e. The zero-order valence-corrected chi connectivity index (χ0v) is 10.2. The Balaban J connectivity index is 4.44. The van der Waals surface area contributed by atoms with E-state index >= 15 is 0 Å². The molecule has 0 fully saturated rings. The third-order valence-electron chi connectivity index (χ3n) is 2.00. The van der Waals surface area contributed by atoms with E-state index in [1.807, 2.05) is 32.9 Å². The molecule has 0 N–H and O–H groups in total. The summed E-state index contributed by atoms with van der Waals surface area (Å²) < 4.78 is 4.98. The molecule has 0 aliphatic rings. The van der Waals surface area contributed by atoms with E-state index in [9.17, 15) is 4.79 Å². The van der Waals surface area contributed by atoms with Crippen LogP contribution in [0.1, 0.15) is 40.5 Å². The molecular weight excluding hydrogens is 188 g/mol. The third-order valence-corrected chi connectivity index (χ3v) is 2.00. The lowest BCUT2D eigenvalue weighted by atomic mass is 10.0. The van der Waals surface area contributed by atoms with E-state index in [4.69, 9.17) is 4.74 Å². The molecule has 0 saturated heterocycles. The number of unbranched alkanes of at least 4 members (excludes halogenated alkanes) is 1. The maximum absolute atomic E-state index is 11.5. The molecule has 0 bridgehead atoms. The topological polar surface area (TPSA) is 26.3 Å². The van der Waals surface area contributed by atoms with Crippen LogP contribution in [0.4, 0.5) is 0 Å². The highest BCUT2D eigenvalue weighted by molar-refractivity contribution is 5.89. The lowest BCUT2D eigenvalue weighted by Gasteiger charge is -2.08. The van der Waals surface area contributed by atoms with E-state index in [1.165, 1.54) is 0 Å². The van der Waals surface area contributed by atoms with E-state index in [2.05, 4.69) is 13.0 Å². The minimum absolute atomic E-state index is 0.200. The van der Waals surface area contributed by atoms with Crippen LogP contribution in [0.2, 0.25) is 0 Å². The molecule has 0 unspecified atom stereocenters. The maximum atomic E-state index is 11.5. The van der Waals surface area contributed by atoms with Gasteiger partial charge >= 0.3 is 5.97 Å². The van der Waals surface area contributed by atoms with E-state index < -0.39 is 0 Å². The van der Waals surface area contributed by atoms with E-state index in [0.29, 0.717) is 6.61 Å². The van der Waals surface area contributed by atoms with Gasteiger partial charge in [-0.3, -0.25) is 0 Å². The zero-order valence-electron chi connectivity index (χ0n) is 10.2. The van der Waals surface area contributed by atoms with Gasteiger partial charge < -0.3 is 4.74 Å². The van der Waals surface area contributed by atoms with E-state index in [1.54, 1.807) is 0 Å². The fourth-order valence-electron chi connectivity index (χ4n) is 1.15. The maximum Gasteiger partial charge on any atom is 0.334 e. The Morgan fingerprint density at radius 3 is 2.47 bits per heavy atom. The van der Waals surface area contributed by atoms with Gasteiger partial charge in [-0.15, -0.1) is 0 Å². The van der Waals surface area contributed by atoms with Gasteiger partial charge in [-0.05, 0) is 19.3 Å². The van der Waals surface area contributed by atoms with Crippen LogP contribution < -0.4 is 0 Å². The highest BCUT2D eigenvalue weighted by Gasteiger charge is 2.12. The van der Waals surface area contributed by atoms with Crippen LogP contribution in [0, 0.1) is 5.92 Å². The highest BCUT2D eigenvalue weighted by Crippen LogP contribution is 2.11. The fourth-order valence-corrected chi connectivity index (χ4v) is 1.15. The largest absolute Gasteiger partial charge is 0.463 e. The number of allylic oxidation sites excluding steroid dienone is 3. The average molecular weight is 210 g/mol. The first-order chi connectivity index (χ1) is 7.13. The van der Waals surface area contributed by atoms with Crippen LogP contribution in [0.3, 0.4) is 0 Å². The third kappa shape index (κ3) is 6.10. The molecule has 0 aromatic heterocycles. The van der Waals surface area contributed by atoms with Crippen molar-refractivity contribution in [2.24, 2.45) is 5.92 Å². The van der Waals surface area contributed by atoms with Crippen molar-refractivity contribution in [3.05, 3.63) is 23.8 Å². The summed E-state index contributed by atoms with van der Waals surface area (Å²) in [5, 5.41) is 0. The summed E-state index contributed by atoms with van der Waals surface area (Å²) >= 11 is 0. The van der Waals surface area contributed by atoms with E-state index in [0.717, 1.165) is 18.4 Å². The molecule has 0 amide bonds. The van der Waals surface area contributed by atoms with Crippen LogP contribution in [0.5, 0.6) is 0 Å².